The molecular weight excluding hydrogens is 412 g/mol. The van der Waals surface area contributed by atoms with Gasteiger partial charge >= 0.3 is 5.97 Å². The molecule has 0 bridgehead atoms. The van der Waals surface area contributed by atoms with Crippen molar-refractivity contribution in [1.29, 1.82) is 0 Å². The highest BCUT2D eigenvalue weighted by Crippen LogP contribution is 2.69. The second-order valence-electron chi connectivity index (χ2n) is 11.2. The Balaban J connectivity index is 1.50. The first-order valence-corrected chi connectivity index (χ1v) is 12.6. The standard InChI is InChI=1S/C29H32O4/c1-17(30)18-3-5-19(6-4-18)24-16-28(2)25(11-13-29(28)14-12-26(32)33-29)23-9-7-20-15-21(31)8-10-22(20)27(23)24/h3-6,15,23-25H,7-14,16H2,1-2H3/t23?,24-,25?,28+,29?/m1/s1. The summed E-state index contributed by atoms with van der Waals surface area (Å²) in [5.74, 6) is 1.52. The van der Waals surface area contributed by atoms with Gasteiger partial charge in [-0.25, -0.2) is 0 Å². The van der Waals surface area contributed by atoms with E-state index in [1.165, 1.54) is 16.7 Å². The van der Waals surface area contributed by atoms with E-state index in [1.807, 2.05) is 18.2 Å². The molecule has 3 fully saturated rings. The van der Waals surface area contributed by atoms with Crippen LogP contribution in [-0.4, -0.2) is 23.1 Å². The highest BCUT2D eigenvalue weighted by molar-refractivity contribution is 5.94. The van der Waals surface area contributed by atoms with Gasteiger partial charge in [-0.3, -0.25) is 14.4 Å². The Bertz CT molecular complexity index is 1120. The van der Waals surface area contributed by atoms with Crippen LogP contribution in [0.25, 0.3) is 0 Å². The minimum atomic E-state index is -0.332. The van der Waals surface area contributed by atoms with E-state index in [-0.39, 0.29) is 34.5 Å². The number of Topliss-reactive ketones (excluding diaryl/α,β-unsaturated/α-hetero) is 1. The zero-order valence-electron chi connectivity index (χ0n) is 19.6. The fourth-order valence-corrected chi connectivity index (χ4v) is 8.19. The van der Waals surface area contributed by atoms with Crippen molar-refractivity contribution in [2.75, 3.05) is 0 Å². The van der Waals surface area contributed by atoms with Gasteiger partial charge in [-0.15, -0.1) is 0 Å². The lowest BCUT2D eigenvalue weighted by Crippen LogP contribution is -2.51. The predicted octanol–water partition coefficient (Wildman–Crippen LogP) is 5.86. The maximum atomic E-state index is 12.3. The van der Waals surface area contributed by atoms with Gasteiger partial charge in [0.1, 0.15) is 5.60 Å². The van der Waals surface area contributed by atoms with Gasteiger partial charge in [0.2, 0.25) is 0 Å². The van der Waals surface area contributed by atoms with Gasteiger partial charge in [-0.2, -0.15) is 0 Å². The maximum Gasteiger partial charge on any atom is 0.306 e. The van der Waals surface area contributed by atoms with E-state index >= 15 is 0 Å². The monoisotopic (exact) mass is 444 g/mol. The van der Waals surface area contributed by atoms with Gasteiger partial charge in [-0.1, -0.05) is 36.8 Å². The molecule has 5 atom stereocenters. The molecule has 2 saturated carbocycles. The number of carbonyl (C=O) groups is 3. The lowest BCUT2D eigenvalue weighted by atomic mass is 9.51. The molecule has 0 radical (unpaired) electrons. The summed E-state index contributed by atoms with van der Waals surface area (Å²) in [7, 11) is 0. The van der Waals surface area contributed by atoms with E-state index in [2.05, 4.69) is 19.1 Å². The largest absolute Gasteiger partial charge is 0.458 e. The van der Waals surface area contributed by atoms with Crippen molar-refractivity contribution in [2.45, 2.75) is 83.2 Å². The van der Waals surface area contributed by atoms with Crippen LogP contribution < -0.4 is 0 Å². The third-order valence-corrected chi connectivity index (χ3v) is 9.79. The summed E-state index contributed by atoms with van der Waals surface area (Å²) in [5.41, 5.74) is 5.83. The number of esters is 1. The van der Waals surface area contributed by atoms with Crippen LogP contribution in [0.2, 0.25) is 0 Å². The van der Waals surface area contributed by atoms with Crippen molar-refractivity contribution < 1.29 is 19.1 Å². The smallest absolute Gasteiger partial charge is 0.306 e. The number of benzene rings is 1. The molecule has 0 N–H and O–H groups in total. The first-order valence-electron chi connectivity index (χ1n) is 12.6. The number of hydrogen-bond acceptors (Lipinski definition) is 4. The van der Waals surface area contributed by atoms with Gasteiger partial charge < -0.3 is 4.74 Å². The van der Waals surface area contributed by atoms with Crippen molar-refractivity contribution in [1.82, 2.24) is 0 Å². The fourth-order valence-electron chi connectivity index (χ4n) is 8.19. The molecule has 4 heteroatoms. The lowest BCUT2D eigenvalue weighted by molar-refractivity contribution is -0.162. The van der Waals surface area contributed by atoms with Crippen LogP contribution in [0, 0.1) is 17.3 Å². The zero-order chi connectivity index (χ0) is 23.0. The molecule has 1 aliphatic heterocycles. The van der Waals surface area contributed by atoms with Crippen molar-refractivity contribution in [3.8, 4) is 0 Å². The minimum absolute atomic E-state index is 0.0388. The number of fused-ring (bicyclic) bond motifs is 5. The average molecular weight is 445 g/mol. The van der Waals surface area contributed by atoms with Crippen LogP contribution in [0.3, 0.4) is 0 Å². The summed E-state index contributed by atoms with van der Waals surface area (Å²) in [5, 5.41) is 0. The normalized spacial score (nSPS) is 37.4. The molecule has 4 nitrogen and oxygen atoms in total. The Morgan fingerprint density at radius 2 is 1.79 bits per heavy atom. The van der Waals surface area contributed by atoms with Gasteiger partial charge in [0.05, 0.1) is 0 Å². The number of hydrogen-bond donors (Lipinski definition) is 0. The van der Waals surface area contributed by atoms with Crippen LogP contribution in [-0.2, 0) is 14.3 Å². The molecule has 1 aromatic rings. The van der Waals surface area contributed by atoms with E-state index in [0.29, 0.717) is 24.7 Å². The quantitative estimate of drug-likeness (QED) is 0.423. The molecule has 1 aromatic carbocycles. The Morgan fingerprint density at radius 3 is 2.48 bits per heavy atom. The molecule has 4 aliphatic carbocycles. The number of carbonyl (C=O) groups excluding carboxylic acids is 3. The number of ketones is 2. The number of rotatable bonds is 2. The highest BCUT2D eigenvalue weighted by atomic mass is 16.6. The SMILES string of the molecule is CC(=O)c1ccc([C@H]2C[C@@]3(C)C(CCC34CCC(=O)O4)C3CCC4=CC(=O)CCC4=C32)cc1. The molecule has 5 aliphatic rings. The van der Waals surface area contributed by atoms with E-state index in [1.54, 1.807) is 12.5 Å². The van der Waals surface area contributed by atoms with E-state index in [0.717, 1.165) is 50.5 Å². The third-order valence-electron chi connectivity index (χ3n) is 9.79. The number of ether oxygens (including phenoxy) is 1. The van der Waals surface area contributed by atoms with Crippen molar-refractivity contribution in [2.24, 2.45) is 17.3 Å². The van der Waals surface area contributed by atoms with Gasteiger partial charge in [0.15, 0.2) is 11.6 Å². The molecule has 0 aromatic heterocycles. The molecule has 172 valence electrons. The lowest BCUT2D eigenvalue weighted by Gasteiger charge is -2.54. The van der Waals surface area contributed by atoms with Gasteiger partial charge in [-0.05, 0) is 86.5 Å². The molecule has 1 heterocycles. The van der Waals surface area contributed by atoms with Crippen LogP contribution >= 0.6 is 0 Å². The first-order chi connectivity index (χ1) is 15.8. The molecule has 6 rings (SSSR count). The molecule has 0 amide bonds. The average Bonchev–Trinajstić information content (AvgIpc) is 3.32. The highest BCUT2D eigenvalue weighted by Gasteiger charge is 2.66. The molecule has 3 unspecified atom stereocenters. The third kappa shape index (κ3) is 2.98. The van der Waals surface area contributed by atoms with Crippen molar-refractivity contribution >= 4 is 17.5 Å². The Hall–Kier alpha value is -2.49. The van der Waals surface area contributed by atoms with Crippen LogP contribution in [0.1, 0.15) is 93.5 Å². The van der Waals surface area contributed by atoms with E-state index in [4.69, 9.17) is 4.74 Å². The summed E-state index contributed by atoms with van der Waals surface area (Å²) in [6.07, 6.45) is 9.82. The summed E-state index contributed by atoms with van der Waals surface area (Å²) in [4.78, 5) is 36.3. The second-order valence-corrected chi connectivity index (χ2v) is 11.2. The fraction of sp³-hybridized carbons (Fsp3) is 0.552. The Morgan fingerprint density at radius 1 is 1.00 bits per heavy atom. The van der Waals surface area contributed by atoms with Crippen molar-refractivity contribution in [3.05, 3.63) is 58.2 Å². The van der Waals surface area contributed by atoms with E-state index in [9.17, 15) is 14.4 Å². The van der Waals surface area contributed by atoms with Crippen LogP contribution in [0.15, 0.2) is 47.1 Å². The topological polar surface area (TPSA) is 60.4 Å². The first kappa shape index (κ1) is 21.1. The maximum absolute atomic E-state index is 12.3. The summed E-state index contributed by atoms with van der Waals surface area (Å²) >= 11 is 0. The molecular formula is C29H32O4. The van der Waals surface area contributed by atoms with Gasteiger partial charge in [0.25, 0.3) is 0 Å². The Labute approximate surface area is 195 Å². The van der Waals surface area contributed by atoms with Crippen LogP contribution in [0.5, 0.6) is 0 Å². The predicted molar refractivity (Wildman–Crippen MR) is 125 cm³/mol. The second kappa shape index (κ2) is 7.25. The molecule has 1 saturated heterocycles. The van der Waals surface area contributed by atoms with Gasteiger partial charge in [0, 0.05) is 29.7 Å². The van der Waals surface area contributed by atoms with Crippen LogP contribution in [0.4, 0.5) is 0 Å². The zero-order valence-corrected chi connectivity index (χ0v) is 19.6. The summed E-state index contributed by atoms with van der Waals surface area (Å²) in [6, 6.07) is 8.17. The van der Waals surface area contributed by atoms with E-state index < -0.39 is 0 Å². The Kier molecular flexibility index (Phi) is 4.63. The minimum Gasteiger partial charge on any atom is -0.458 e. The molecule has 33 heavy (non-hydrogen) atoms. The summed E-state index contributed by atoms with van der Waals surface area (Å²) in [6.45, 7) is 3.99. The van der Waals surface area contributed by atoms with Crippen molar-refractivity contribution in [3.63, 3.8) is 0 Å². The number of allylic oxidation sites excluding steroid dienone is 4. The summed E-state index contributed by atoms with van der Waals surface area (Å²) < 4.78 is 6.16. The molecule has 1 spiro atoms.